The zero-order valence-corrected chi connectivity index (χ0v) is 19.7. The fraction of sp³-hybridized carbons (Fsp3) is 0.364. The summed E-state index contributed by atoms with van der Waals surface area (Å²) in [6, 6.07) is 16.4. The molecule has 0 aliphatic heterocycles. The van der Waals surface area contributed by atoms with E-state index < -0.39 is 0 Å². The molecule has 1 aromatic heterocycles. The van der Waals surface area contributed by atoms with E-state index in [0.717, 1.165) is 27.5 Å². The van der Waals surface area contributed by atoms with Crippen LogP contribution < -0.4 is 4.90 Å². The standard InChI is InChI=1S/C22H27N3OS2.ClH/c1-16(2)27-18-11-9-17(10-12-18)15-21(26)25(14-13-24(3)4)22-23-19-7-5-6-8-20(19)28-22;/h5-12,16H,13-15H2,1-4H3;1H. The lowest BCUT2D eigenvalue weighted by molar-refractivity contribution is -0.118. The minimum atomic E-state index is 0. The third-order valence-electron chi connectivity index (χ3n) is 4.24. The normalized spacial score (nSPS) is 11.1. The summed E-state index contributed by atoms with van der Waals surface area (Å²) in [5.41, 5.74) is 1.98. The van der Waals surface area contributed by atoms with Crippen LogP contribution in [-0.2, 0) is 11.2 Å². The summed E-state index contributed by atoms with van der Waals surface area (Å²) in [4.78, 5) is 23.0. The number of likely N-dealkylation sites (N-methyl/N-ethyl adjacent to an activating group) is 1. The van der Waals surface area contributed by atoms with Gasteiger partial charge in [0.05, 0.1) is 16.6 Å². The summed E-state index contributed by atoms with van der Waals surface area (Å²) in [7, 11) is 4.04. The fourth-order valence-corrected chi connectivity index (χ4v) is 4.68. The van der Waals surface area contributed by atoms with E-state index in [1.54, 1.807) is 11.3 Å². The number of amides is 1. The number of anilines is 1. The van der Waals surface area contributed by atoms with Crippen LogP contribution in [0.15, 0.2) is 53.4 Å². The average Bonchev–Trinajstić information content (AvgIpc) is 3.06. The quantitative estimate of drug-likeness (QED) is 0.434. The summed E-state index contributed by atoms with van der Waals surface area (Å²) >= 11 is 3.41. The highest BCUT2D eigenvalue weighted by Gasteiger charge is 2.20. The smallest absolute Gasteiger partial charge is 0.233 e. The molecule has 0 unspecified atom stereocenters. The zero-order valence-electron chi connectivity index (χ0n) is 17.3. The number of para-hydroxylation sites is 1. The third kappa shape index (κ3) is 6.71. The van der Waals surface area contributed by atoms with Gasteiger partial charge in [0.25, 0.3) is 0 Å². The van der Waals surface area contributed by atoms with Crippen LogP contribution >= 0.6 is 35.5 Å². The van der Waals surface area contributed by atoms with Crippen molar-refractivity contribution in [2.75, 3.05) is 32.1 Å². The predicted molar refractivity (Wildman–Crippen MR) is 129 cm³/mol. The van der Waals surface area contributed by atoms with Crippen molar-refractivity contribution in [1.29, 1.82) is 0 Å². The van der Waals surface area contributed by atoms with E-state index in [1.807, 2.05) is 49.0 Å². The summed E-state index contributed by atoms with van der Waals surface area (Å²) in [5.74, 6) is 0.0881. The Morgan fingerprint density at radius 3 is 2.38 bits per heavy atom. The molecule has 3 rings (SSSR count). The highest BCUT2D eigenvalue weighted by Crippen LogP contribution is 2.29. The maximum Gasteiger partial charge on any atom is 0.233 e. The molecule has 0 aliphatic carbocycles. The van der Waals surface area contributed by atoms with Crippen LogP contribution in [0.1, 0.15) is 19.4 Å². The second kappa shape index (κ2) is 11.0. The predicted octanol–water partition coefficient (Wildman–Crippen LogP) is 5.36. The van der Waals surface area contributed by atoms with Gasteiger partial charge < -0.3 is 4.90 Å². The number of nitrogens with zero attached hydrogens (tertiary/aromatic N) is 3. The molecule has 0 saturated carbocycles. The molecule has 0 atom stereocenters. The molecular formula is C22H28ClN3OS2. The molecule has 1 amide bonds. The number of rotatable bonds is 8. The maximum atomic E-state index is 13.1. The number of thiazole rings is 1. The lowest BCUT2D eigenvalue weighted by atomic mass is 10.1. The first-order valence-corrected chi connectivity index (χ1v) is 11.2. The average molecular weight is 450 g/mol. The van der Waals surface area contributed by atoms with Gasteiger partial charge in [-0.1, -0.05) is 49.4 Å². The summed E-state index contributed by atoms with van der Waals surface area (Å²) in [6.45, 7) is 5.80. The van der Waals surface area contributed by atoms with Crippen molar-refractivity contribution in [3.8, 4) is 0 Å². The van der Waals surface area contributed by atoms with Gasteiger partial charge in [-0.05, 0) is 43.9 Å². The Morgan fingerprint density at radius 1 is 1.07 bits per heavy atom. The van der Waals surface area contributed by atoms with Gasteiger partial charge in [-0.15, -0.1) is 24.2 Å². The number of aromatic nitrogens is 1. The molecule has 7 heteroatoms. The Labute approximate surface area is 187 Å². The number of thioether (sulfide) groups is 1. The monoisotopic (exact) mass is 449 g/mol. The van der Waals surface area contributed by atoms with Crippen LogP contribution in [0.2, 0.25) is 0 Å². The zero-order chi connectivity index (χ0) is 20.1. The molecule has 0 spiro atoms. The second-order valence-electron chi connectivity index (χ2n) is 7.30. The first kappa shape index (κ1) is 23.7. The van der Waals surface area contributed by atoms with Crippen molar-refractivity contribution in [3.05, 3.63) is 54.1 Å². The van der Waals surface area contributed by atoms with Crippen molar-refractivity contribution >= 4 is 56.8 Å². The highest BCUT2D eigenvalue weighted by molar-refractivity contribution is 7.99. The lowest BCUT2D eigenvalue weighted by Gasteiger charge is -2.22. The molecule has 0 fully saturated rings. The molecule has 3 aromatic rings. The minimum absolute atomic E-state index is 0. The Kier molecular flexibility index (Phi) is 8.96. The van der Waals surface area contributed by atoms with Crippen molar-refractivity contribution in [1.82, 2.24) is 9.88 Å². The molecule has 29 heavy (non-hydrogen) atoms. The Balaban J connectivity index is 0.00000300. The van der Waals surface area contributed by atoms with E-state index in [-0.39, 0.29) is 18.3 Å². The molecule has 4 nitrogen and oxygen atoms in total. The first-order valence-electron chi connectivity index (χ1n) is 9.48. The van der Waals surface area contributed by atoms with Gasteiger partial charge in [0.15, 0.2) is 5.13 Å². The first-order chi connectivity index (χ1) is 13.4. The summed E-state index contributed by atoms with van der Waals surface area (Å²) in [5, 5.41) is 1.33. The van der Waals surface area contributed by atoms with E-state index >= 15 is 0 Å². The van der Waals surface area contributed by atoms with Crippen LogP contribution in [0, 0.1) is 0 Å². The number of carbonyl (C=O) groups is 1. The van der Waals surface area contributed by atoms with E-state index in [0.29, 0.717) is 18.2 Å². The van der Waals surface area contributed by atoms with E-state index in [4.69, 9.17) is 4.98 Å². The molecule has 2 aromatic carbocycles. The largest absolute Gasteiger partial charge is 0.308 e. The van der Waals surface area contributed by atoms with Gasteiger partial charge >= 0.3 is 0 Å². The van der Waals surface area contributed by atoms with Crippen molar-refractivity contribution in [3.63, 3.8) is 0 Å². The molecule has 1 heterocycles. The van der Waals surface area contributed by atoms with Gasteiger partial charge in [-0.2, -0.15) is 0 Å². The summed E-state index contributed by atoms with van der Waals surface area (Å²) < 4.78 is 1.11. The van der Waals surface area contributed by atoms with Gasteiger partial charge in [-0.3, -0.25) is 9.69 Å². The number of benzene rings is 2. The molecule has 0 aliphatic rings. The number of fused-ring (bicyclic) bond motifs is 1. The Hall–Kier alpha value is -1.60. The molecule has 0 bridgehead atoms. The fourth-order valence-electron chi connectivity index (χ4n) is 2.83. The Bertz CT molecular complexity index is 892. The Morgan fingerprint density at radius 2 is 1.76 bits per heavy atom. The number of halogens is 1. The molecule has 0 N–H and O–H groups in total. The summed E-state index contributed by atoms with van der Waals surface area (Å²) in [6.07, 6.45) is 0.385. The second-order valence-corrected chi connectivity index (χ2v) is 9.96. The minimum Gasteiger partial charge on any atom is -0.308 e. The van der Waals surface area contributed by atoms with E-state index in [9.17, 15) is 4.79 Å². The van der Waals surface area contributed by atoms with Gasteiger partial charge in [0.1, 0.15) is 0 Å². The van der Waals surface area contributed by atoms with Crippen molar-refractivity contribution in [2.24, 2.45) is 0 Å². The van der Waals surface area contributed by atoms with Crippen LogP contribution in [-0.4, -0.2) is 48.2 Å². The lowest BCUT2D eigenvalue weighted by Crippen LogP contribution is -2.37. The SMILES string of the molecule is CC(C)Sc1ccc(CC(=O)N(CCN(C)C)c2nc3ccccc3s2)cc1.Cl. The van der Waals surface area contributed by atoms with E-state index in [2.05, 4.69) is 49.1 Å². The van der Waals surface area contributed by atoms with Crippen LogP contribution in [0.5, 0.6) is 0 Å². The number of carbonyl (C=O) groups excluding carboxylic acids is 1. The number of hydrogen-bond donors (Lipinski definition) is 0. The van der Waals surface area contributed by atoms with Crippen LogP contribution in [0.3, 0.4) is 0 Å². The molecule has 156 valence electrons. The number of hydrogen-bond acceptors (Lipinski definition) is 5. The topological polar surface area (TPSA) is 36.4 Å². The highest BCUT2D eigenvalue weighted by atomic mass is 35.5. The van der Waals surface area contributed by atoms with Gasteiger partial charge in [0.2, 0.25) is 5.91 Å². The van der Waals surface area contributed by atoms with E-state index in [1.165, 1.54) is 4.90 Å². The third-order valence-corrected chi connectivity index (χ3v) is 6.31. The molecule has 0 saturated heterocycles. The van der Waals surface area contributed by atoms with Gasteiger partial charge in [0, 0.05) is 23.2 Å². The molecule has 0 radical (unpaired) electrons. The van der Waals surface area contributed by atoms with Crippen LogP contribution in [0.25, 0.3) is 10.2 Å². The maximum absolute atomic E-state index is 13.1. The van der Waals surface area contributed by atoms with Crippen molar-refractivity contribution in [2.45, 2.75) is 30.4 Å². The molecular weight excluding hydrogens is 422 g/mol. The van der Waals surface area contributed by atoms with Crippen LogP contribution in [0.4, 0.5) is 5.13 Å². The van der Waals surface area contributed by atoms with Gasteiger partial charge in [-0.25, -0.2) is 4.98 Å². The van der Waals surface area contributed by atoms with Crippen molar-refractivity contribution < 1.29 is 4.79 Å².